The van der Waals surface area contributed by atoms with Crippen molar-refractivity contribution in [2.24, 2.45) is 0 Å². The predicted molar refractivity (Wildman–Crippen MR) is 168 cm³/mol. The molecule has 0 radical (unpaired) electrons. The van der Waals surface area contributed by atoms with Gasteiger partial charge in [0, 0.05) is 63.3 Å². The van der Waals surface area contributed by atoms with Crippen LogP contribution < -0.4 is 9.64 Å². The molecule has 2 heterocycles. The first kappa shape index (κ1) is 30.1. The van der Waals surface area contributed by atoms with Crippen LogP contribution in [-0.4, -0.2) is 78.9 Å². The molecule has 42 heavy (non-hydrogen) atoms. The maximum atomic E-state index is 14.1. The average Bonchev–Trinajstić information content (AvgIpc) is 3.50. The largest absolute Gasteiger partial charge is 0.492 e. The molecule has 0 aromatic heterocycles. The topological polar surface area (TPSA) is 56.3 Å². The summed E-state index contributed by atoms with van der Waals surface area (Å²) in [5.74, 6) is 0.608. The Bertz CT molecular complexity index is 1350. The maximum Gasteiger partial charge on any atom is 0.254 e. The minimum absolute atomic E-state index is 0.0379. The Morgan fingerprint density at radius 2 is 1.60 bits per heavy atom. The molecule has 3 aromatic carbocycles. The van der Waals surface area contributed by atoms with Crippen molar-refractivity contribution in [3.8, 4) is 5.75 Å². The van der Waals surface area contributed by atoms with Gasteiger partial charge in [-0.3, -0.25) is 19.4 Å². The van der Waals surface area contributed by atoms with Crippen molar-refractivity contribution in [1.29, 1.82) is 0 Å². The molecular formula is C34H41ClN4O3. The van der Waals surface area contributed by atoms with Gasteiger partial charge in [0.25, 0.3) is 5.91 Å². The Morgan fingerprint density at radius 3 is 2.38 bits per heavy atom. The second-order valence-corrected chi connectivity index (χ2v) is 11.6. The van der Waals surface area contributed by atoms with Gasteiger partial charge in [-0.15, -0.1) is 0 Å². The number of rotatable bonds is 7. The van der Waals surface area contributed by atoms with Crippen molar-refractivity contribution in [2.45, 2.75) is 39.3 Å². The Kier molecular flexibility index (Phi) is 10.5. The number of hydrogen-bond donors (Lipinski definition) is 0. The fourth-order valence-electron chi connectivity index (χ4n) is 5.85. The van der Waals surface area contributed by atoms with Crippen molar-refractivity contribution < 1.29 is 14.3 Å². The van der Waals surface area contributed by atoms with E-state index < -0.39 is 0 Å². The van der Waals surface area contributed by atoms with E-state index in [2.05, 4.69) is 34.1 Å². The van der Waals surface area contributed by atoms with Gasteiger partial charge >= 0.3 is 0 Å². The van der Waals surface area contributed by atoms with Gasteiger partial charge in [0.15, 0.2) is 0 Å². The lowest BCUT2D eigenvalue weighted by molar-refractivity contribution is -0.116. The molecular weight excluding hydrogens is 548 g/mol. The molecule has 0 spiro atoms. The van der Waals surface area contributed by atoms with Crippen molar-refractivity contribution >= 4 is 29.1 Å². The Morgan fingerprint density at radius 1 is 0.810 bits per heavy atom. The summed E-state index contributed by atoms with van der Waals surface area (Å²) in [6, 6.07) is 23.5. The van der Waals surface area contributed by atoms with Gasteiger partial charge in [-0.2, -0.15) is 0 Å². The standard InChI is InChI=1S/C34H41ClN4O3/c1-27(40)39-18-8-17-37(25-28-9-3-2-4-10-28)19-20-38(26-30-13-14-31(35)24-33(30)39)34(41)29-11-7-12-32(23-29)42-22-21-36-15-5-6-16-36/h2-4,7,9-14,23-24H,5-6,8,15-22,25-26H2,1H3. The third-order valence-corrected chi connectivity index (χ3v) is 8.35. The average molecular weight is 589 g/mol. The van der Waals surface area contributed by atoms with Crippen LogP contribution in [-0.2, 0) is 17.9 Å². The zero-order valence-electron chi connectivity index (χ0n) is 24.5. The van der Waals surface area contributed by atoms with Crippen molar-refractivity contribution in [3.63, 3.8) is 0 Å². The van der Waals surface area contributed by atoms with Gasteiger partial charge in [0.05, 0.1) is 5.69 Å². The minimum Gasteiger partial charge on any atom is -0.492 e. The van der Waals surface area contributed by atoms with Crippen molar-refractivity contribution in [1.82, 2.24) is 14.7 Å². The zero-order chi connectivity index (χ0) is 29.3. The van der Waals surface area contributed by atoms with E-state index in [1.54, 1.807) is 11.8 Å². The first-order valence-corrected chi connectivity index (χ1v) is 15.4. The number of nitrogens with zero attached hydrogens (tertiary/aromatic N) is 4. The van der Waals surface area contributed by atoms with Crippen LogP contribution in [0.2, 0.25) is 5.02 Å². The number of benzene rings is 3. The monoisotopic (exact) mass is 588 g/mol. The molecule has 1 fully saturated rings. The molecule has 2 aliphatic rings. The summed E-state index contributed by atoms with van der Waals surface area (Å²) in [7, 11) is 0. The van der Waals surface area contributed by atoms with E-state index in [1.165, 1.54) is 18.4 Å². The predicted octanol–water partition coefficient (Wildman–Crippen LogP) is 5.72. The molecule has 3 aromatic rings. The summed E-state index contributed by atoms with van der Waals surface area (Å²) in [5.41, 5.74) is 3.49. The van der Waals surface area contributed by atoms with Gasteiger partial charge in [-0.05, 0) is 73.8 Å². The molecule has 2 amide bonds. The van der Waals surface area contributed by atoms with E-state index in [-0.39, 0.29) is 11.8 Å². The third-order valence-electron chi connectivity index (χ3n) is 8.11. The van der Waals surface area contributed by atoms with Crippen LogP contribution in [0.5, 0.6) is 5.75 Å². The second kappa shape index (κ2) is 14.7. The molecule has 0 bridgehead atoms. The molecule has 0 atom stereocenters. The van der Waals surface area contributed by atoms with Gasteiger partial charge in [-0.1, -0.05) is 54.1 Å². The van der Waals surface area contributed by atoms with Crippen LogP contribution in [0.1, 0.15) is 47.7 Å². The van der Waals surface area contributed by atoms with E-state index in [0.717, 1.165) is 56.9 Å². The van der Waals surface area contributed by atoms with Crippen LogP contribution in [0.4, 0.5) is 5.69 Å². The van der Waals surface area contributed by atoms with Crippen molar-refractivity contribution in [2.75, 3.05) is 57.3 Å². The van der Waals surface area contributed by atoms with Gasteiger partial charge < -0.3 is 14.5 Å². The highest BCUT2D eigenvalue weighted by molar-refractivity contribution is 6.31. The number of amides is 2. The molecule has 2 aliphatic heterocycles. The number of anilines is 1. The molecule has 5 rings (SSSR count). The van der Waals surface area contributed by atoms with Crippen LogP contribution in [0.3, 0.4) is 0 Å². The van der Waals surface area contributed by atoms with Gasteiger partial charge in [0.2, 0.25) is 5.91 Å². The lowest BCUT2D eigenvalue weighted by Gasteiger charge is -2.28. The Balaban J connectivity index is 1.39. The molecule has 0 aliphatic carbocycles. The van der Waals surface area contributed by atoms with Gasteiger partial charge in [0.1, 0.15) is 12.4 Å². The zero-order valence-corrected chi connectivity index (χ0v) is 25.3. The second-order valence-electron chi connectivity index (χ2n) is 11.2. The number of ether oxygens (including phenoxy) is 1. The molecule has 7 nitrogen and oxygen atoms in total. The fraction of sp³-hybridized carbons (Fsp3) is 0.412. The number of hydrogen-bond acceptors (Lipinski definition) is 5. The summed E-state index contributed by atoms with van der Waals surface area (Å²) in [4.78, 5) is 35.4. The SMILES string of the molecule is CC(=O)N1CCCN(Cc2ccccc2)CCN(C(=O)c2cccc(OCCN3CCCC3)c2)Cc2ccc(Cl)cc21. The highest BCUT2D eigenvalue weighted by Gasteiger charge is 2.24. The molecule has 1 saturated heterocycles. The lowest BCUT2D eigenvalue weighted by Crippen LogP contribution is -2.38. The van der Waals surface area contributed by atoms with E-state index >= 15 is 0 Å². The summed E-state index contributed by atoms with van der Waals surface area (Å²) in [6.45, 7) is 9.15. The lowest BCUT2D eigenvalue weighted by atomic mass is 10.1. The summed E-state index contributed by atoms with van der Waals surface area (Å²) in [6.07, 6.45) is 3.31. The van der Waals surface area contributed by atoms with Crippen LogP contribution in [0.15, 0.2) is 72.8 Å². The smallest absolute Gasteiger partial charge is 0.254 e. The first-order chi connectivity index (χ1) is 20.5. The Labute approximate surface area is 254 Å². The summed E-state index contributed by atoms with van der Waals surface area (Å²) >= 11 is 6.41. The number of carbonyl (C=O) groups excluding carboxylic acids is 2. The van der Waals surface area contributed by atoms with Crippen LogP contribution >= 0.6 is 11.6 Å². The summed E-state index contributed by atoms with van der Waals surface area (Å²) in [5, 5.41) is 0.567. The minimum atomic E-state index is -0.0609. The third kappa shape index (κ3) is 8.12. The van der Waals surface area contributed by atoms with E-state index in [9.17, 15) is 9.59 Å². The Hall–Kier alpha value is -3.39. The normalized spacial score (nSPS) is 17.0. The summed E-state index contributed by atoms with van der Waals surface area (Å²) < 4.78 is 6.06. The first-order valence-electron chi connectivity index (χ1n) is 15.0. The van der Waals surface area contributed by atoms with E-state index in [4.69, 9.17) is 16.3 Å². The quantitative estimate of drug-likeness (QED) is 0.354. The van der Waals surface area contributed by atoms with Crippen molar-refractivity contribution in [3.05, 3.63) is 94.5 Å². The van der Waals surface area contributed by atoms with Crippen LogP contribution in [0, 0.1) is 0 Å². The molecule has 0 N–H and O–H groups in total. The number of fused-ring (bicyclic) bond motifs is 1. The maximum absolute atomic E-state index is 14.1. The fourth-order valence-corrected chi connectivity index (χ4v) is 6.02. The molecule has 8 heteroatoms. The van der Waals surface area contributed by atoms with Gasteiger partial charge in [-0.25, -0.2) is 0 Å². The number of halogens is 1. The highest BCUT2D eigenvalue weighted by Crippen LogP contribution is 2.28. The van der Waals surface area contributed by atoms with Crippen LogP contribution in [0.25, 0.3) is 0 Å². The molecule has 222 valence electrons. The number of carbonyl (C=O) groups is 2. The molecule has 0 unspecified atom stereocenters. The highest BCUT2D eigenvalue weighted by atomic mass is 35.5. The van der Waals surface area contributed by atoms with E-state index in [1.807, 2.05) is 53.4 Å². The number of likely N-dealkylation sites (tertiary alicyclic amines) is 1. The molecule has 0 saturated carbocycles. The van der Waals surface area contributed by atoms with E-state index in [0.29, 0.717) is 42.6 Å².